The number of amides is 1. The number of benzene rings is 1. The Morgan fingerprint density at radius 2 is 1.84 bits per heavy atom. The molecule has 25 heavy (non-hydrogen) atoms. The van der Waals surface area contributed by atoms with Gasteiger partial charge in [-0.2, -0.15) is 5.10 Å². The summed E-state index contributed by atoms with van der Waals surface area (Å²) >= 11 is 0. The van der Waals surface area contributed by atoms with Crippen LogP contribution in [0.3, 0.4) is 0 Å². The molecular formula is C19H27N3O3. The summed E-state index contributed by atoms with van der Waals surface area (Å²) in [5.74, 6) is -0.519. The van der Waals surface area contributed by atoms with Gasteiger partial charge in [-0.3, -0.25) is 14.3 Å². The second-order valence-electron chi connectivity index (χ2n) is 7.12. The molecule has 0 atom stereocenters. The van der Waals surface area contributed by atoms with Crippen LogP contribution in [0.1, 0.15) is 51.0 Å². The van der Waals surface area contributed by atoms with Crippen LogP contribution in [0.4, 0.5) is 0 Å². The van der Waals surface area contributed by atoms with Crippen LogP contribution in [-0.2, 0) is 7.05 Å². The predicted octanol–water partition coefficient (Wildman–Crippen LogP) is 2.24. The van der Waals surface area contributed by atoms with Crippen molar-refractivity contribution < 1.29 is 9.90 Å². The van der Waals surface area contributed by atoms with Crippen LogP contribution in [0.15, 0.2) is 29.1 Å². The molecule has 0 aliphatic rings. The molecule has 1 aromatic heterocycles. The van der Waals surface area contributed by atoms with Crippen LogP contribution in [0.2, 0.25) is 0 Å². The van der Waals surface area contributed by atoms with E-state index in [0.29, 0.717) is 23.7 Å². The molecule has 0 radical (unpaired) electrons. The fourth-order valence-electron chi connectivity index (χ4n) is 3.23. The Morgan fingerprint density at radius 1 is 1.24 bits per heavy atom. The molecule has 0 bridgehead atoms. The Kier molecular flexibility index (Phi) is 5.32. The molecule has 0 fully saturated rings. The number of nitrogens with zero attached hydrogens (tertiary/aromatic N) is 2. The minimum atomic E-state index is -0.887. The molecule has 0 saturated heterocycles. The molecule has 0 aliphatic heterocycles. The number of aliphatic hydroxyl groups is 1. The molecule has 0 spiro atoms. The van der Waals surface area contributed by atoms with Crippen LogP contribution in [0, 0.1) is 5.41 Å². The molecule has 0 saturated carbocycles. The van der Waals surface area contributed by atoms with Gasteiger partial charge in [0.25, 0.3) is 5.91 Å². The minimum Gasteiger partial charge on any atom is -0.389 e. The topological polar surface area (TPSA) is 84.2 Å². The van der Waals surface area contributed by atoms with Crippen molar-refractivity contribution in [1.29, 1.82) is 0 Å². The number of rotatable bonds is 6. The van der Waals surface area contributed by atoms with Crippen molar-refractivity contribution in [3.8, 4) is 0 Å². The van der Waals surface area contributed by atoms with E-state index in [2.05, 4.69) is 10.4 Å². The first-order chi connectivity index (χ1) is 11.7. The fourth-order valence-corrected chi connectivity index (χ4v) is 3.23. The zero-order valence-electron chi connectivity index (χ0n) is 15.6. The summed E-state index contributed by atoms with van der Waals surface area (Å²) in [4.78, 5) is 25.1. The fraction of sp³-hybridized carbons (Fsp3) is 0.526. The van der Waals surface area contributed by atoms with Crippen molar-refractivity contribution in [3.63, 3.8) is 0 Å². The number of hydrogen-bond donors (Lipinski definition) is 2. The van der Waals surface area contributed by atoms with E-state index in [9.17, 15) is 14.7 Å². The monoisotopic (exact) mass is 345 g/mol. The van der Waals surface area contributed by atoms with Crippen molar-refractivity contribution in [2.24, 2.45) is 12.5 Å². The number of carbonyl (C=O) groups is 1. The molecule has 6 heteroatoms. The van der Waals surface area contributed by atoms with E-state index in [1.807, 2.05) is 33.8 Å². The zero-order chi connectivity index (χ0) is 18.8. The molecule has 1 aromatic carbocycles. The van der Waals surface area contributed by atoms with E-state index in [0.717, 1.165) is 0 Å². The van der Waals surface area contributed by atoms with Gasteiger partial charge in [0, 0.05) is 24.4 Å². The van der Waals surface area contributed by atoms with Crippen LogP contribution < -0.4 is 10.7 Å². The van der Waals surface area contributed by atoms with Gasteiger partial charge in [0.1, 0.15) is 0 Å². The van der Waals surface area contributed by atoms with Crippen LogP contribution in [0.25, 0.3) is 10.9 Å². The molecule has 0 unspecified atom stereocenters. The van der Waals surface area contributed by atoms with Crippen molar-refractivity contribution in [1.82, 2.24) is 15.1 Å². The average Bonchev–Trinajstić information content (AvgIpc) is 2.61. The van der Waals surface area contributed by atoms with Crippen molar-refractivity contribution >= 4 is 16.8 Å². The first kappa shape index (κ1) is 19.1. The second-order valence-corrected chi connectivity index (χ2v) is 7.12. The molecule has 2 aromatic rings. The van der Waals surface area contributed by atoms with E-state index in [4.69, 9.17) is 0 Å². The van der Waals surface area contributed by atoms with Gasteiger partial charge in [-0.1, -0.05) is 39.8 Å². The highest BCUT2D eigenvalue weighted by Gasteiger charge is 2.40. The van der Waals surface area contributed by atoms with Crippen LogP contribution in [-0.4, -0.2) is 32.9 Å². The first-order valence-electron chi connectivity index (χ1n) is 8.63. The summed E-state index contributed by atoms with van der Waals surface area (Å²) in [6.45, 7) is 7.92. The Labute approximate surface area is 147 Å². The zero-order valence-corrected chi connectivity index (χ0v) is 15.6. The van der Waals surface area contributed by atoms with Crippen LogP contribution in [0.5, 0.6) is 0 Å². The Balaban J connectivity index is 2.29. The van der Waals surface area contributed by atoms with E-state index < -0.39 is 16.9 Å². The number of nitrogens with one attached hydrogen (secondary N) is 1. The maximum Gasteiger partial charge on any atom is 0.275 e. The largest absolute Gasteiger partial charge is 0.389 e. The summed E-state index contributed by atoms with van der Waals surface area (Å²) < 4.78 is 1.53. The van der Waals surface area contributed by atoms with Gasteiger partial charge in [0.15, 0.2) is 5.69 Å². The Hall–Kier alpha value is -2.21. The van der Waals surface area contributed by atoms with Gasteiger partial charge < -0.3 is 10.4 Å². The average molecular weight is 345 g/mol. The molecule has 0 aliphatic carbocycles. The Bertz CT molecular complexity index is 835. The summed E-state index contributed by atoms with van der Waals surface area (Å²) in [6, 6.07) is 7.06. The third-order valence-corrected chi connectivity index (χ3v) is 5.30. The van der Waals surface area contributed by atoms with Crippen molar-refractivity contribution in [2.75, 3.05) is 6.54 Å². The number of fused-ring (bicyclic) bond motifs is 1. The smallest absolute Gasteiger partial charge is 0.275 e. The van der Waals surface area contributed by atoms with E-state index in [1.165, 1.54) is 4.68 Å². The lowest BCUT2D eigenvalue weighted by Gasteiger charge is -2.42. The summed E-state index contributed by atoms with van der Waals surface area (Å²) in [7, 11) is 1.70. The Morgan fingerprint density at radius 3 is 2.44 bits per heavy atom. The molecule has 6 nitrogen and oxygen atoms in total. The number of para-hydroxylation sites is 1. The normalized spacial score (nSPS) is 12.4. The van der Waals surface area contributed by atoms with Crippen LogP contribution >= 0.6 is 0 Å². The maximum atomic E-state index is 12.6. The lowest BCUT2D eigenvalue weighted by Crippen LogP contribution is -2.50. The minimum absolute atomic E-state index is 0.131. The second kappa shape index (κ2) is 6.96. The summed E-state index contributed by atoms with van der Waals surface area (Å²) in [5, 5.41) is 18.1. The molecular weight excluding hydrogens is 318 g/mol. The summed E-state index contributed by atoms with van der Waals surface area (Å²) in [6.07, 6.45) is 1.17. The lowest BCUT2D eigenvalue weighted by molar-refractivity contribution is -0.0710. The third kappa shape index (κ3) is 3.44. The molecule has 1 amide bonds. The number of hydrogen-bond acceptors (Lipinski definition) is 4. The van der Waals surface area contributed by atoms with E-state index >= 15 is 0 Å². The van der Waals surface area contributed by atoms with Gasteiger partial charge in [0.2, 0.25) is 5.43 Å². The van der Waals surface area contributed by atoms with E-state index in [-0.39, 0.29) is 17.7 Å². The number of carbonyl (C=O) groups excluding carboxylic acids is 1. The summed E-state index contributed by atoms with van der Waals surface area (Å²) in [5.41, 5.74) is -1.26. The molecule has 136 valence electrons. The quantitative estimate of drug-likeness (QED) is 0.841. The standard InChI is InChI=1S/C19H27N3O3/c1-6-19(25,7-2)18(3,4)12-20-17(24)15-16(23)13-10-8-9-11-14(13)22(5)21-15/h8-11,25H,6-7,12H2,1-5H3,(H,20,24). The molecule has 2 N–H and O–H groups in total. The highest BCUT2D eigenvalue weighted by atomic mass is 16.3. The van der Waals surface area contributed by atoms with Gasteiger partial charge in [-0.05, 0) is 25.0 Å². The van der Waals surface area contributed by atoms with Crippen molar-refractivity contribution in [3.05, 3.63) is 40.2 Å². The van der Waals surface area contributed by atoms with Gasteiger partial charge in [-0.25, -0.2) is 0 Å². The van der Waals surface area contributed by atoms with Crippen molar-refractivity contribution in [2.45, 2.75) is 46.1 Å². The predicted molar refractivity (Wildman–Crippen MR) is 98.6 cm³/mol. The number of aryl methyl sites for hydroxylation is 1. The lowest BCUT2D eigenvalue weighted by atomic mass is 9.71. The molecule has 1 heterocycles. The van der Waals surface area contributed by atoms with Gasteiger partial charge in [0.05, 0.1) is 11.1 Å². The van der Waals surface area contributed by atoms with Gasteiger partial charge >= 0.3 is 0 Å². The maximum absolute atomic E-state index is 12.6. The first-order valence-corrected chi connectivity index (χ1v) is 8.63. The number of aromatic nitrogens is 2. The highest BCUT2D eigenvalue weighted by Crippen LogP contribution is 2.35. The van der Waals surface area contributed by atoms with E-state index in [1.54, 1.807) is 25.2 Å². The third-order valence-electron chi connectivity index (χ3n) is 5.30. The SMILES string of the molecule is CCC(O)(CC)C(C)(C)CNC(=O)c1nn(C)c2ccccc2c1=O. The molecule has 2 rings (SSSR count). The highest BCUT2D eigenvalue weighted by molar-refractivity contribution is 5.95. The van der Waals surface area contributed by atoms with Gasteiger partial charge in [-0.15, -0.1) is 0 Å².